The smallest absolute Gasteiger partial charge is 0.331 e. The molecule has 32 heavy (non-hydrogen) atoms. The monoisotopic (exact) mass is 456 g/mol. The summed E-state index contributed by atoms with van der Waals surface area (Å²) in [5.41, 5.74) is -0.211. The van der Waals surface area contributed by atoms with Crippen LogP contribution in [-0.4, -0.2) is 41.4 Å². The van der Waals surface area contributed by atoms with Gasteiger partial charge in [0.25, 0.3) is 5.56 Å². The lowest BCUT2D eigenvalue weighted by atomic mass is 10.2. The molecule has 0 radical (unpaired) electrons. The molecule has 168 valence electrons. The fourth-order valence-corrected chi connectivity index (χ4v) is 4.90. The lowest BCUT2D eigenvalue weighted by Crippen LogP contribution is -2.43. The number of fused-ring (bicyclic) bond motifs is 1. The van der Waals surface area contributed by atoms with E-state index in [2.05, 4.69) is 4.72 Å². The molecule has 0 saturated carbocycles. The second-order valence-electron chi connectivity index (χ2n) is 7.81. The predicted octanol–water partition coefficient (Wildman–Crippen LogP) is 0.801. The van der Waals surface area contributed by atoms with Gasteiger partial charge in [-0.1, -0.05) is 30.3 Å². The lowest BCUT2D eigenvalue weighted by molar-refractivity contribution is -0.130. The van der Waals surface area contributed by atoms with Gasteiger partial charge >= 0.3 is 5.69 Å². The molecule has 0 atom stereocenters. The van der Waals surface area contributed by atoms with Crippen molar-refractivity contribution >= 4 is 26.8 Å². The Morgan fingerprint density at radius 2 is 1.72 bits per heavy atom. The Balaban J connectivity index is 1.70. The number of amides is 1. The van der Waals surface area contributed by atoms with Gasteiger partial charge in [-0.25, -0.2) is 17.9 Å². The molecule has 2 heterocycles. The van der Waals surface area contributed by atoms with Crippen molar-refractivity contribution in [1.82, 2.24) is 18.8 Å². The molecule has 1 fully saturated rings. The van der Waals surface area contributed by atoms with Gasteiger partial charge in [0.1, 0.15) is 6.54 Å². The molecule has 0 spiro atoms. The van der Waals surface area contributed by atoms with Crippen LogP contribution in [0.3, 0.4) is 0 Å². The minimum absolute atomic E-state index is 0.0592. The average Bonchev–Trinajstić information content (AvgIpc) is 3.34. The molecular formula is C22H24N4O5S. The molecule has 1 aliphatic rings. The van der Waals surface area contributed by atoms with Crippen LogP contribution >= 0.6 is 0 Å². The molecule has 1 aromatic heterocycles. The van der Waals surface area contributed by atoms with Crippen molar-refractivity contribution in [1.29, 1.82) is 0 Å². The lowest BCUT2D eigenvalue weighted by Gasteiger charge is -2.17. The molecule has 1 N–H and O–H groups in total. The highest BCUT2D eigenvalue weighted by Gasteiger charge is 2.22. The zero-order valence-corrected chi connectivity index (χ0v) is 18.5. The van der Waals surface area contributed by atoms with Gasteiger partial charge in [-0.3, -0.25) is 18.7 Å². The van der Waals surface area contributed by atoms with E-state index in [4.69, 9.17) is 0 Å². The zero-order valence-electron chi connectivity index (χ0n) is 17.7. The first-order chi connectivity index (χ1) is 15.3. The largest absolute Gasteiger partial charge is 0.341 e. The summed E-state index contributed by atoms with van der Waals surface area (Å²) >= 11 is 0. The first kappa shape index (κ1) is 22.0. The Morgan fingerprint density at radius 3 is 2.41 bits per heavy atom. The van der Waals surface area contributed by atoms with E-state index in [0.29, 0.717) is 18.6 Å². The number of carbonyl (C=O) groups is 1. The van der Waals surface area contributed by atoms with Crippen LogP contribution in [0, 0.1) is 0 Å². The van der Waals surface area contributed by atoms with Crippen LogP contribution in [0.25, 0.3) is 10.9 Å². The summed E-state index contributed by atoms with van der Waals surface area (Å²) in [6.07, 6.45) is 1.79. The number of nitrogens with zero attached hydrogens (tertiary/aromatic N) is 3. The van der Waals surface area contributed by atoms with Crippen molar-refractivity contribution < 1.29 is 13.2 Å². The second-order valence-corrected chi connectivity index (χ2v) is 9.58. The fraction of sp³-hybridized carbons (Fsp3) is 0.318. The molecule has 4 rings (SSSR count). The Morgan fingerprint density at radius 1 is 1.03 bits per heavy atom. The molecule has 1 saturated heterocycles. The summed E-state index contributed by atoms with van der Waals surface area (Å²) in [6.45, 7) is 0.946. The summed E-state index contributed by atoms with van der Waals surface area (Å²) in [4.78, 5) is 39.9. The fourth-order valence-electron chi connectivity index (χ4n) is 3.86. The average molecular weight is 457 g/mol. The van der Waals surface area contributed by atoms with E-state index in [-0.39, 0.29) is 29.3 Å². The van der Waals surface area contributed by atoms with Gasteiger partial charge in [0.15, 0.2) is 0 Å². The highest BCUT2D eigenvalue weighted by molar-refractivity contribution is 7.89. The minimum atomic E-state index is -3.90. The van der Waals surface area contributed by atoms with Crippen LogP contribution in [0.2, 0.25) is 0 Å². The van der Waals surface area contributed by atoms with Crippen molar-refractivity contribution in [3.8, 4) is 0 Å². The van der Waals surface area contributed by atoms with Crippen molar-refractivity contribution in [3.05, 3.63) is 74.9 Å². The van der Waals surface area contributed by atoms with E-state index in [0.717, 1.165) is 23.0 Å². The summed E-state index contributed by atoms with van der Waals surface area (Å²) in [7, 11) is -2.41. The Hall–Kier alpha value is -3.24. The highest BCUT2D eigenvalue weighted by atomic mass is 32.2. The van der Waals surface area contributed by atoms with Crippen molar-refractivity contribution in [2.75, 3.05) is 13.1 Å². The topological polar surface area (TPSA) is 110 Å². The molecule has 9 nitrogen and oxygen atoms in total. The molecule has 10 heteroatoms. The summed E-state index contributed by atoms with van der Waals surface area (Å²) in [5, 5.41) is 0.0592. The third-order valence-corrected chi connectivity index (χ3v) is 7.09. The SMILES string of the molecule is Cn1c(=O)n(CC(=O)N2CCCC2)c(=O)c2cc(S(=O)(=O)NCc3ccccc3)ccc21. The van der Waals surface area contributed by atoms with E-state index < -0.39 is 21.3 Å². The normalized spacial score (nSPS) is 14.2. The number of carbonyl (C=O) groups excluding carboxylic acids is 1. The first-order valence-electron chi connectivity index (χ1n) is 10.3. The van der Waals surface area contributed by atoms with E-state index in [1.54, 1.807) is 17.0 Å². The van der Waals surface area contributed by atoms with E-state index in [1.807, 2.05) is 18.2 Å². The Bertz CT molecular complexity index is 1390. The van der Waals surface area contributed by atoms with Gasteiger partial charge in [-0.15, -0.1) is 0 Å². The van der Waals surface area contributed by atoms with Crippen LogP contribution in [-0.2, 0) is 35.0 Å². The number of hydrogen-bond acceptors (Lipinski definition) is 5. The zero-order chi connectivity index (χ0) is 22.9. The number of benzene rings is 2. The quantitative estimate of drug-likeness (QED) is 0.590. The molecule has 0 bridgehead atoms. The number of hydrogen-bond donors (Lipinski definition) is 1. The number of nitrogens with one attached hydrogen (secondary N) is 1. The third kappa shape index (κ3) is 4.23. The van der Waals surface area contributed by atoms with Gasteiger partial charge < -0.3 is 4.90 Å². The van der Waals surface area contributed by atoms with Gasteiger partial charge in [-0.2, -0.15) is 0 Å². The van der Waals surface area contributed by atoms with E-state index >= 15 is 0 Å². The minimum Gasteiger partial charge on any atom is -0.341 e. The van der Waals surface area contributed by atoms with Crippen LogP contribution in [0.15, 0.2) is 63.0 Å². The maximum absolute atomic E-state index is 13.1. The van der Waals surface area contributed by atoms with Crippen LogP contribution < -0.4 is 16.0 Å². The van der Waals surface area contributed by atoms with Gasteiger partial charge in [0.05, 0.1) is 15.8 Å². The van der Waals surface area contributed by atoms with E-state index in [1.165, 1.54) is 29.8 Å². The third-order valence-electron chi connectivity index (χ3n) is 5.69. The van der Waals surface area contributed by atoms with Crippen LogP contribution in [0.1, 0.15) is 18.4 Å². The number of likely N-dealkylation sites (tertiary alicyclic amines) is 1. The second kappa shape index (κ2) is 8.71. The van der Waals surface area contributed by atoms with Crippen LogP contribution in [0.4, 0.5) is 0 Å². The Kier molecular flexibility index (Phi) is 5.98. The standard InChI is InChI=1S/C22H24N4O5S/c1-24-19-10-9-17(32(30,31)23-14-16-7-3-2-4-8-16)13-18(19)21(28)26(22(24)29)15-20(27)25-11-5-6-12-25/h2-4,7-10,13,23H,5-6,11-12,14-15H2,1H3. The molecule has 1 aliphatic heterocycles. The number of aryl methyl sites for hydroxylation is 1. The van der Waals surface area contributed by atoms with Gasteiger partial charge in [0.2, 0.25) is 15.9 Å². The number of rotatable bonds is 6. The summed E-state index contributed by atoms with van der Waals surface area (Å²) in [6, 6.07) is 13.1. The number of aromatic nitrogens is 2. The maximum atomic E-state index is 13.1. The summed E-state index contributed by atoms with van der Waals surface area (Å²) < 4.78 is 30.2. The van der Waals surface area contributed by atoms with E-state index in [9.17, 15) is 22.8 Å². The van der Waals surface area contributed by atoms with Crippen molar-refractivity contribution in [3.63, 3.8) is 0 Å². The molecular weight excluding hydrogens is 432 g/mol. The van der Waals surface area contributed by atoms with Gasteiger partial charge in [0, 0.05) is 26.7 Å². The highest BCUT2D eigenvalue weighted by Crippen LogP contribution is 2.16. The first-order valence-corrected chi connectivity index (χ1v) is 11.8. The molecule has 0 aliphatic carbocycles. The molecule has 2 aromatic carbocycles. The molecule has 0 unspecified atom stereocenters. The maximum Gasteiger partial charge on any atom is 0.331 e. The van der Waals surface area contributed by atoms with Crippen molar-refractivity contribution in [2.24, 2.45) is 7.05 Å². The molecule has 3 aromatic rings. The summed E-state index contributed by atoms with van der Waals surface area (Å²) in [5.74, 6) is -0.297. The Labute approximate surface area is 184 Å². The van der Waals surface area contributed by atoms with Crippen molar-refractivity contribution in [2.45, 2.75) is 30.8 Å². The van der Waals surface area contributed by atoms with Crippen LogP contribution in [0.5, 0.6) is 0 Å². The molecule has 1 amide bonds. The van der Waals surface area contributed by atoms with Gasteiger partial charge in [-0.05, 0) is 36.6 Å². The number of sulfonamides is 1. The predicted molar refractivity (Wildman–Crippen MR) is 120 cm³/mol.